The molecule has 0 unspecified atom stereocenters. The molecule has 0 bridgehead atoms. The first-order chi connectivity index (χ1) is 13.2. The van der Waals surface area contributed by atoms with Crippen molar-refractivity contribution in [2.24, 2.45) is 0 Å². The van der Waals surface area contributed by atoms with E-state index in [1.807, 2.05) is 41.9 Å². The van der Waals surface area contributed by atoms with Gasteiger partial charge in [0.05, 0.1) is 24.0 Å². The molecule has 3 heterocycles. The van der Waals surface area contributed by atoms with Crippen LogP contribution in [0.5, 0.6) is 0 Å². The number of oxazole rings is 1. The van der Waals surface area contributed by atoms with Gasteiger partial charge in [0, 0.05) is 5.56 Å². The fourth-order valence-corrected chi connectivity index (χ4v) is 3.30. The standard InChI is InChI=1S/C19H22N6O2/c1-13-17(23-24-25(13)16-7-9-20-10-8-16)18(26)21-11-15-12-27-19(22-15)14-5-3-2-4-6-14/h2-6,12,16,20H,7-11H2,1H3,(H,21,26). The van der Waals surface area contributed by atoms with E-state index in [1.54, 1.807) is 6.26 Å². The van der Waals surface area contributed by atoms with E-state index in [0.717, 1.165) is 37.2 Å². The summed E-state index contributed by atoms with van der Waals surface area (Å²) in [5, 5.41) is 14.5. The maximum Gasteiger partial charge on any atom is 0.274 e. The molecule has 3 aromatic rings. The van der Waals surface area contributed by atoms with Crippen molar-refractivity contribution < 1.29 is 9.21 Å². The van der Waals surface area contributed by atoms with E-state index in [1.165, 1.54) is 0 Å². The zero-order valence-corrected chi connectivity index (χ0v) is 15.2. The first kappa shape index (κ1) is 17.4. The molecule has 1 saturated heterocycles. The van der Waals surface area contributed by atoms with Crippen molar-refractivity contribution in [3.63, 3.8) is 0 Å². The second kappa shape index (κ2) is 7.71. The van der Waals surface area contributed by atoms with Crippen LogP contribution in [0.25, 0.3) is 11.5 Å². The molecule has 2 aromatic heterocycles. The Kier molecular flexibility index (Phi) is 4.97. The minimum absolute atomic E-state index is 0.253. The summed E-state index contributed by atoms with van der Waals surface area (Å²) in [5.41, 5.74) is 2.71. The average Bonchev–Trinajstić information content (AvgIpc) is 3.34. The van der Waals surface area contributed by atoms with Crippen LogP contribution in [0.2, 0.25) is 0 Å². The number of hydrogen-bond donors (Lipinski definition) is 2. The van der Waals surface area contributed by atoms with Crippen LogP contribution >= 0.6 is 0 Å². The number of carbonyl (C=O) groups is 1. The molecule has 0 atom stereocenters. The van der Waals surface area contributed by atoms with Crippen LogP contribution in [0.4, 0.5) is 0 Å². The zero-order valence-electron chi connectivity index (χ0n) is 15.2. The Bertz CT molecular complexity index is 911. The minimum atomic E-state index is -0.253. The smallest absolute Gasteiger partial charge is 0.274 e. The molecule has 1 aliphatic heterocycles. The van der Waals surface area contributed by atoms with Crippen LogP contribution in [-0.4, -0.2) is 39.0 Å². The predicted molar refractivity (Wildman–Crippen MR) is 99.0 cm³/mol. The lowest BCUT2D eigenvalue weighted by atomic mass is 10.1. The molecule has 8 nitrogen and oxygen atoms in total. The Hall–Kier alpha value is -3.00. The zero-order chi connectivity index (χ0) is 18.6. The fraction of sp³-hybridized carbons (Fsp3) is 0.368. The predicted octanol–water partition coefficient (Wildman–Crippen LogP) is 2.10. The Morgan fingerprint density at radius 2 is 2.07 bits per heavy atom. The lowest BCUT2D eigenvalue weighted by Gasteiger charge is -2.23. The molecular formula is C19H22N6O2. The van der Waals surface area contributed by atoms with Gasteiger partial charge in [-0.05, 0) is 45.0 Å². The molecule has 8 heteroatoms. The van der Waals surface area contributed by atoms with Crippen LogP contribution < -0.4 is 10.6 Å². The summed E-state index contributed by atoms with van der Waals surface area (Å²) in [4.78, 5) is 16.9. The summed E-state index contributed by atoms with van der Waals surface area (Å²) >= 11 is 0. The number of hydrogen-bond acceptors (Lipinski definition) is 6. The SMILES string of the molecule is Cc1c(C(=O)NCc2coc(-c3ccccc3)n2)nnn1C1CCNCC1. The number of amides is 1. The number of piperidine rings is 1. The maximum absolute atomic E-state index is 12.5. The third-order valence-electron chi connectivity index (χ3n) is 4.80. The molecular weight excluding hydrogens is 344 g/mol. The number of benzene rings is 1. The Labute approximate surface area is 157 Å². The number of nitrogens with zero attached hydrogens (tertiary/aromatic N) is 4. The van der Waals surface area contributed by atoms with Gasteiger partial charge in [0.15, 0.2) is 5.69 Å². The van der Waals surface area contributed by atoms with Crippen LogP contribution in [0, 0.1) is 6.92 Å². The lowest BCUT2D eigenvalue weighted by Crippen LogP contribution is -2.30. The fourth-order valence-electron chi connectivity index (χ4n) is 3.30. The second-order valence-corrected chi connectivity index (χ2v) is 6.64. The molecule has 0 aliphatic carbocycles. The monoisotopic (exact) mass is 366 g/mol. The number of rotatable bonds is 5. The number of nitrogens with one attached hydrogen (secondary N) is 2. The summed E-state index contributed by atoms with van der Waals surface area (Å²) in [7, 11) is 0. The van der Waals surface area contributed by atoms with Crippen molar-refractivity contribution in [2.75, 3.05) is 13.1 Å². The van der Waals surface area contributed by atoms with Crippen molar-refractivity contribution in [2.45, 2.75) is 32.4 Å². The van der Waals surface area contributed by atoms with Gasteiger partial charge in [0.25, 0.3) is 5.91 Å². The van der Waals surface area contributed by atoms with Crippen LogP contribution in [-0.2, 0) is 6.54 Å². The van der Waals surface area contributed by atoms with Crippen molar-refractivity contribution in [1.82, 2.24) is 30.6 Å². The van der Waals surface area contributed by atoms with Gasteiger partial charge in [0.1, 0.15) is 6.26 Å². The van der Waals surface area contributed by atoms with E-state index in [0.29, 0.717) is 23.3 Å². The molecule has 140 valence electrons. The normalized spacial score (nSPS) is 15.0. The van der Waals surface area contributed by atoms with E-state index < -0.39 is 0 Å². The van der Waals surface area contributed by atoms with Crippen LogP contribution in [0.3, 0.4) is 0 Å². The molecule has 0 radical (unpaired) electrons. The third-order valence-corrected chi connectivity index (χ3v) is 4.80. The maximum atomic E-state index is 12.5. The van der Waals surface area contributed by atoms with Crippen molar-refractivity contribution in [1.29, 1.82) is 0 Å². The van der Waals surface area contributed by atoms with Gasteiger partial charge in [-0.1, -0.05) is 23.4 Å². The van der Waals surface area contributed by atoms with Crippen molar-refractivity contribution >= 4 is 5.91 Å². The molecule has 0 spiro atoms. The first-order valence-corrected chi connectivity index (χ1v) is 9.13. The van der Waals surface area contributed by atoms with E-state index >= 15 is 0 Å². The van der Waals surface area contributed by atoms with Gasteiger partial charge in [0.2, 0.25) is 5.89 Å². The molecule has 0 saturated carbocycles. The highest BCUT2D eigenvalue weighted by atomic mass is 16.3. The van der Waals surface area contributed by atoms with E-state index in [2.05, 4.69) is 25.9 Å². The highest BCUT2D eigenvalue weighted by molar-refractivity contribution is 5.93. The molecule has 2 N–H and O–H groups in total. The minimum Gasteiger partial charge on any atom is -0.444 e. The second-order valence-electron chi connectivity index (χ2n) is 6.64. The van der Waals surface area contributed by atoms with Crippen LogP contribution in [0.15, 0.2) is 41.0 Å². The summed E-state index contributed by atoms with van der Waals surface area (Å²) in [5.74, 6) is 0.282. The van der Waals surface area contributed by atoms with Gasteiger partial charge >= 0.3 is 0 Å². The topological polar surface area (TPSA) is 97.9 Å². The van der Waals surface area contributed by atoms with Crippen molar-refractivity contribution in [3.05, 3.63) is 53.7 Å². The average molecular weight is 366 g/mol. The molecule has 1 aromatic carbocycles. The largest absolute Gasteiger partial charge is 0.444 e. The van der Waals surface area contributed by atoms with Gasteiger partial charge < -0.3 is 15.1 Å². The van der Waals surface area contributed by atoms with Gasteiger partial charge in [-0.2, -0.15) is 0 Å². The number of carbonyl (C=O) groups excluding carboxylic acids is 1. The Morgan fingerprint density at radius 3 is 2.85 bits per heavy atom. The van der Waals surface area contributed by atoms with Crippen LogP contribution in [0.1, 0.15) is 40.8 Å². The van der Waals surface area contributed by atoms with Crippen molar-refractivity contribution in [3.8, 4) is 11.5 Å². The quantitative estimate of drug-likeness (QED) is 0.718. The lowest BCUT2D eigenvalue weighted by molar-refractivity contribution is 0.0944. The highest BCUT2D eigenvalue weighted by Gasteiger charge is 2.23. The van der Waals surface area contributed by atoms with E-state index in [-0.39, 0.29) is 12.5 Å². The summed E-state index contributed by atoms with van der Waals surface area (Å²) in [6.45, 7) is 4.08. The highest BCUT2D eigenvalue weighted by Crippen LogP contribution is 2.20. The summed E-state index contributed by atoms with van der Waals surface area (Å²) < 4.78 is 7.37. The van der Waals surface area contributed by atoms with E-state index in [9.17, 15) is 4.79 Å². The molecule has 4 rings (SSSR count). The third kappa shape index (κ3) is 3.75. The Balaban J connectivity index is 1.40. The molecule has 1 fully saturated rings. The molecule has 27 heavy (non-hydrogen) atoms. The number of aromatic nitrogens is 4. The first-order valence-electron chi connectivity index (χ1n) is 9.13. The molecule has 1 amide bonds. The van der Waals surface area contributed by atoms with Gasteiger partial charge in [-0.3, -0.25) is 4.79 Å². The van der Waals surface area contributed by atoms with Gasteiger partial charge in [-0.25, -0.2) is 9.67 Å². The summed E-state index contributed by atoms with van der Waals surface area (Å²) in [6.07, 6.45) is 3.54. The Morgan fingerprint density at radius 1 is 1.30 bits per heavy atom. The summed E-state index contributed by atoms with van der Waals surface area (Å²) in [6, 6.07) is 9.94. The van der Waals surface area contributed by atoms with E-state index in [4.69, 9.17) is 4.42 Å². The van der Waals surface area contributed by atoms with Gasteiger partial charge in [-0.15, -0.1) is 5.10 Å². The molecule has 1 aliphatic rings.